The number of anilines is 1. The van der Waals surface area contributed by atoms with Crippen molar-refractivity contribution in [3.05, 3.63) is 41.7 Å². The van der Waals surface area contributed by atoms with E-state index in [2.05, 4.69) is 5.10 Å². The number of nitrogens with zero attached hydrogens (tertiary/aromatic N) is 3. The van der Waals surface area contributed by atoms with Gasteiger partial charge in [-0.15, -0.1) is 0 Å². The van der Waals surface area contributed by atoms with Crippen LogP contribution in [0, 0.1) is 0 Å². The number of ether oxygens (including phenoxy) is 1. The van der Waals surface area contributed by atoms with Crippen LogP contribution in [0.2, 0.25) is 0 Å². The highest BCUT2D eigenvalue weighted by atomic mass is 19.4. The Kier molecular flexibility index (Phi) is 3.54. The lowest BCUT2D eigenvalue weighted by Gasteiger charge is -2.32. The molecule has 1 aliphatic heterocycles. The van der Waals surface area contributed by atoms with Crippen LogP contribution in [0.3, 0.4) is 0 Å². The van der Waals surface area contributed by atoms with Gasteiger partial charge in [-0.25, -0.2) is 0 Å². The number of rotatable bonds is 2. The van der Waals surface area contributed by atoms with Crippen LogP contribution in [-0.2, 0) is 6.18 Å². The van der Waals surface area contributed by atoms with Crippen LogP contribution in [0.25, 0.3) is 0 Å². The number of benzene rings is 1. The first kappa shape index (κ1) is 15.4. The summed E-state index contributed by atoms with van der Waals surface area (Å²) in [7, 11) is 1.17. The van der Waals surface area contributed by atoms with Gasteiger partial charge in [-0.2, -0.15) is 18.3 Å². The highest BCUT2D eigenvalue weighted by Gasteiger charge is 2.36. The van der Waals surface area contributed by atoms with Crippen molar-refractivity contribution in [3.63, 3.8) is 0 Å². The van der Waals surface area contributed by atoms with Gasteiger partial charge in [0, 0.05) is 24.5 Å². The fraction of sp³-hybridized carbons (Fsp3) is 0.333. The molecule has 8 heteroatoms. The van der Waals surface area contributed by atoms with Gasteiger partial charge >= 0.3 is 6.18 Å². The number of hydrogen-bond acceptors (Lipinski definition) is 3. The third-order valence-electron chi connectivity index (χ3n) is 3.80. The Morgan fingerprint density at radius 3 is 2.70 bits per heavy atom. The van der Waals surface area contributed by atoms with Crippen molar-refractivity contribution in [2.75, 3.05) is 18.6 Å². The van der Waals surface area contributed by atoms with Gasteiger partial charge in [0.25, 0.3) is 5.91 Å². The first-order valence-electron chi connectivity index (χ1n) is 6.93. The molecule has 23 heavy (non-hydrogen) atoms. The quantitative estimate of drug-likeness (QED) is 0.852. The molecule has 1 aromatic heterocycles. The van der Waals surface area contributed by atoms with Gasteiger partial charge in [0.05, 0.1) is 18.7 Å². The lowest BCUT2D eigenvalue weighted by atomic mass is 10.1. The van der Waals surface area contributed by atoms with Crippen LogP contribution in [0.5, 0.6) is 5.75 Å². The second-order valence-corrected chi connectivity index (χ2v) is 5.31. The van der Waals surface area contributed by atoms with Gasteiger partial charge in [0.2, 0.25) is 0 Å². The van der Waals surface area contributed by atoms with Crippen LogP contribution in [0.4, 0.5) is 18.9 Å². The van der Waals surface area contributed by atoms with E-state index >= 15 is 0 Å². The van der Waals surface area contributed by atoms with E-state index < -0.39 is 11.7 Å². The largest absolute Gasteiger partial charge is 0.496 e. The second kappa shape index (κ2) is 5.29. The van der Waals surface area contributed by atoms with Gasteiger partial charge < -0.3 is 9.64 Å². The summed E-state index contributed by atoms with van der Waals surface area (Å²) in [4.78, 5) is 13.9. The molecule has 5 nitrogen and oxygen atoms in total. The van der Waals surface area contributed by atoms with Crippen molar-refractivity contribution in [1.82, 2.24) is 9.78 Å². The van der Waals surface area contributed by atoms with E-state index in [0.29, 0.717) is 17.9 Å². The SMILES string of the molecule is COc1cc(N2C[C@H](C)n3nccc3C2=O)ccc1C(F)(F)F. The molecule has 0 saturated carbocycles. The first-order chi connectivity index (χ1) is 10.8. The average molecular weight is 325 g/mol. The normalized spacial score (nSPS) is 18.0. The van der Waals surface area contributed by atoms with Crippen LogP contribution < -0.4 is 9.64 Å². The molecule has 1 aromatic carbocycles. The molecule has 122 valence electrons. The Balaban J connectivity index is 2.02. The van der Waals surface area contributed by atoms with Crippen molar-refractivity contribution < 1.29 is 22.7 Å². The molecule has 0 fully saturated rings. The third kappa shape index (κ3) is 2.54. The Hall–Kier alpha value is -2.51. The highest BCUT2D eigenvalue weighted by Crippen LogP contribution is 2.39. The Morgan fingerprint density at radius 2 is 2.04 bits per heavy atom. The number of hydrogen-bond donors (Lipinski definition) is 0. The topological polar surface area (TPSA) is 47.4 Å². The molecule has 3 rings (SSSR count). The predicted octanol–water partition coefficient (Wildman–Crippen LogP) is 3.13. The van der Waals surface area contributed by atoms with E-state index in [0.717, 1.165) is 6.07 Å². The van der Waals surface area contributed by atoms with Crippen LogP contribution in [-0.4, -0.2) is 29.3 Å². The third-order valence-corrected chi connectivity index (χ3v) is 3.80. The Morgan fingerprint density at radius 1 is 1.30 bits per heavy atom. The first-order valence-corrected chi connectivity index (χ1v) is 6.93. The molecule has 0 unspecified atom stereocenters. The average Bonchev–Trinajstić information content (AvgIpc) is 2.99. The monoisotopic (exact) mass is 325 g/mol. The number of fused-ring (bicyclic) bond motifs is 1. The molecule has 2 heterocycles. The van der Waals surface area contributed by atoms with Crippen molar-refractivity contribution in [2.45, 2.75) is 19.1 Å². The number of aromatic nitrogens is 2. The van der Waals surface area contributed by atoms with E-state index in [1.54, 1.807) is 10.7 Å². The zero-order chi connectivity index (χ0) is 16.8. The number of alkyl halides is 3. The Bertz CT molecular complexity index is 755. The summed E-state index contributed by atoms with van der Waals surface area (Å²) in [5.41, 5.74) is -0.104. The van der Waals surface area contributed by atoms with Gasteiger partial charge in [0.15, 0.2) is 0 Å². The van der Waals surface area contributed by atoms with Crippen molar-refractivity contribution >= 4 is 11.6 Å². The number of carbonyl (C=O) groups is 1. The number of halogens is 3. The minimum atomic E-state index is -4.51. The molecule has 0 aliphatic carbocycles. The molecule has 1 aliphatic rings. The molecule has 0 radical (unpaired) electrons. The standard InChI is InChI=1S/C15H14F3N3O2/c1-9-8-20(14(22)12-5-6-19-21(9)12)10-3-4-11(15(16,17)18)13(7-10)23-2/h3-7,9H,8H2,1-2H3/t9-/m0/s1. The van der Waals surface area contributed by atoms with Crippen molar-refractivity contribution in [2.24, 2.45) is 0 Å². The zero-order valence-electron chi connectivity index (χ0n) is 12.5. The second-order valence-electron chi connectivity index (χ2n) is 5.31. The summed E-state index contributed by atoms with van der Waals surface area (Å²) in [5.74, 6) is -0.614. The van der Waals surface area contributed by atoms with E-state index in [1.807, 2.05) is 6.92 Å². The fourth-order valence-electron chi connectivity index (χ4n) is 2.70. The molecular formula is C15H14F3N3O2. The number of methoxy groups -OCH3 is 1. The Labute approximate surface area is 130 Å². The minimum Gasteiger partial charge on any atom is -0.496 e. The van der Waals surface area contributed by atoms with Gasteiger partial charge in [-0.05, 0) is 25.1 Å². The summed E-state index contributed by atoms with van der Waals surface area (Å²) < 4.78 is 45.2. The van der Waals surface area contributed by atoms with Crippen LogP contribution in [0.1, 0.15) is 29.0 Å². The van der Waals surface area contributed by atoms with Crippen LogP contribution in [0.15, 0.2) is 30.5 Å². The lowest BCUT2D eigenvalue weighted by Crippen LogP contribution is -2.42. The zero-order valence-corrected chi connectivity index (χ0v) is 12.5. The molecule has 0 saturated heterocycles. The molecule has 2 aromatic rings. The van der Waals surface area contributed by atoms with Gasteiger partial charge in [0.1, 0.15) is 11.4 Å². The number of amides is 1. The molecule has 1 amide bonds. The summed E-state index contributed by atoms with van der Waals surface area (Å²) in [6.07, 6.45) is -2.98. The molecule has 1 atom stereocenters. The molecule has 0 N–H and O–H groups in total. The molecule has 0 spiro atoms. The molecule has 0 bridgehead atoms. The molecular weight excluding hydrogens is 311 g/mol. The summed E-state index contributed by atoms with van der Waals surface area (Å²) in [6.45, 7) is 2.21. The smallest absolute Gasteiger partial charge is 0.419 e. The van der Waals surface area contributed by atoms with E-state index in [-0.39, 0.29) is 17.7 Å². The lowest BCUT2D eigenvalue weighted by molar-refractivity contribution is -0.138. The fourth-order valence-corrected chi connectivity index (χ4v) is 2.70. The maximum Gasteiger partial charge on any atom is 0.419 e. The predicted molar refractivity (Wildman–Crippen MR) is 76.6 cm³/mol. The number of carbonyl (C=O) groups excluding carboxylic acids is 1. The van der Waals surface area contributed by atoms with Crippen molar-refractivity contribution in [1.29, 1.82) is 0 Å². The van der Waals surface area contributed by atoms with Crippen molar-refractivity contribution in [3.8, 4) is 5.75 Å². The van der Waals surface area contributed by atoms with E-state index in [4.69, 9.17) is 4.74 Å². The minimum absolute atomic E-state index is 0.0778. The summed E-state index contributed by atoms with van der Waals surface area (Å²) in [5, 5.41) is 4.09. The summed E-state index contributed by atoms with van der Waals surface area (Å²) >= 11 is 0. The maximum absolute atomic E-state index is 12.9. The van der Waals surface area contributed by atoms with Crippen LogP contribution >= 0.6 is 0 Å². The summed E-state index contributed by atoms with van der Waals surface area (Å²) in [6, 6.07) is 4.96. The van der Waals surface area contributed by atoms with Gasteiger partial charge in [-0.3, -0.25) is 9.48 Å². The maximum atomic E-state index is 12.9. The van der Waals surface area contributed by atoms with E-state index in [1.165, 1.54) is 30.3 Å². The van der Waals surface area contributed by atoms with E-state index in [9.17, 15) is 18.0 Å². The highest BCUT2D eigenvalue weighted by molar-refractivity contribution is 6.05. The van der Waals surface area contributed by atoms with Gasteiger partial charge in [-0.1, -0.05) is 0 Å².